The molecule has 0 saturated carbocycles. The fourth-order valence-corrected chi connectivity index (χ4v) is 3.99. The molecule has 0 aromatic rings. The Morgan fingerprint density at radius 1 is 1.27 bits per heavy atom. The van der Waals surface area contributed by atoms with E-state index < -0.39 is 11.7 Å². The summed E-state index contributed by atoms with van der Waals surface area (Å²) in [5.74, 6) is 0. The Bertz CT molecular complexity index is 343. The Morgan fingerprint density at radius 2 is 1.95 bits per heavy atom. The summed E-state index contributed by atoms with van der Waals surface area (Å²) in [5.41, 5.74) is -0.440. The molecule has 5 nitrogen and oxygen atoms in total. The number of hydrogen-bond donors (Lipinski definition) is 3. The van der Waals surface area contributed by atoms with Gasteiger partial charge in [-0.1, -0.05) is 13.8 Å². The highest BCUT2D eigenvalue weighted by atomic mass is 16.5. The van der Waals surface area contributed by atoms with Gasteiger partial charge >= 0.3 is 0 Å². The number of nitrogens with one attached hydrogen (secondary N) is 1. The van der Waals surface area contributed by atoms with Gasteiger partial charge < -0.3 is 25.2 Å². The lowest BCUT2D eigenvalue weighted by molar-refractivity contribution is -0.0862. The largest absolute Gasteiger partial charge is 0.392 e. The number of rotatable bonds is 6. The summed E-state index contributed by atoms with van der Waals surface area (Å²) in [4.78, 5) is 2.43. The van der Waals surface area contributed by atoms with Gasteiger partial charge in [0.1, 0.15) is 0 Å². The number of piperidine rings is 1. The Kier molecular flexibility index (Phi) is 6.25. The molecule has 0 spiro atoms. The van der Waals surface area contributed by atoms with E-state index in [2.05, 4.69) is 31.1 Å². The third-order valence-corrected chi connectivity index (χ3v) is 5.52. The molecular formula is C17H34N2O3. The van der Waals surface area contributed by atoms with Crippen LogP contribution < -0.4 is 5.32 Å². The SMILES string of the molecule is CN1CCCC(C)(C)C1CNCC(O)CC1(O)CCOCC1. The average molecular weight is 314 g/mol. The van der Waals surface area contributed by atoms with E-state index in [9.17, 15) is 10.2 Å². The van der Waals surface area contributed by atoms with E-state index in [4.69, 9.17) is 4.74 Å². The van der Waals surface area contributed by atoms with Crippen molar-refractivity contribution in [2.75, 3.05) is 39.9 Å². The maximum atomic E-state index is 10.4. The lowest BCUT2D eigenvalue weighted by Gasteiger charge is -2.45. The third-order valence-electron chi connectivity index (χ3n) is 5.52. The van der Waals surface area contributed by atoms with E-state index in [0.717, 1.165) is 13.1 Å². The van der Waals surface area contributed by atoms with Crippen molar-refractivity contribution >= 4 is 0 Å². The predicted octanol–water partition coefficient (Wildman–Crippen LogP) is 0.989. The molecule has 2 fully saturated rings. The number of likely N-dealkylation sites (N-methyl/N-ethyl adjacent to an activating group) is 1. The fraction of sp³-hybridized carbons (Fsp3) is 1.00. The van der Waals surface area contributed by atoms with Crippen molar-refractivity contribution in [1.82, 2.24) is 10.2 Å². The molecule has 130 valence electrons. The van der Waals surface area contributed by atoms with E-state index in [1.807, 2.05) is 0 Å². The Balaban J connectivity index is 1.73. The maximum Gasteiger partial charge on any atom is 0.0716 e. The molecule has 0 amide bonds. The first-order valence-corrected chi connectivity index (χ1v) is 8.72. The highest BCUT2D eigenvalue weighted by Crippen LogP contribution is 2.33. The Hall–Kier alpha value is -0.200. The number of likely N-dealkylation sites (tertiary alicyclic amines) is 1. The van der Waals surface area contributed by atoms with Crippen molar-refractivity contribution in [1.29, 1.82) is 0 Å². The van der Waals surface area contributed by atoms with Crippen molar-refractivity contribution in [3.63, 3.8) is 0 Å². The minimum absolute atomic E-state index is 0.309. The second-order valence-electron chi connectivity index (χ2n) is 7.94. The smallest absolute Gasteiger partial charge is 0.0716 e. The summed E-state index contributed by atoms with van der Waals surface area (Å²) in [6, 6.07) is 0.500. The van der Waals surface area contributed by atoms with E-state index in [-0.39, 0.29) is 0 Å². The van der Waals surface area contributed by atoms with Crippen molar-refractivity contribution in [2.24, 2.45) is 5.41 Å². The van der Waals surface area contributed by atoms with Gasteiger partial charge in [-0.05, 0) is 44.7 Å². The van der Waals surface area contributed by atoms with Crippen LogP contribution in [-0.4, -0.2) is 72.8 Å². The second-order valence-corrected chi connectivity index (χ2v) is 7.94. The van der Waals surface area contributed by atoms with Crippen molar-refractivity contribution < 1.29 is 14.9 Å². The maximum absolute atomic E-state index is 10.4. The first-order chi connectivity index (χ1) is 10.3. The molecule has 0 aliphatic carbocycles. The van der Waals surface area contributed by atoms with Crippen LogP contribution in [-0.2, 0) is 4.74 Å². The van der Waals surface area contributed by atoms with Crippen LogP contribution in [0.2, 0.25) is 0 Å². The second kappa shape index (κ2) is 7.58. The Morgan fingerprint density at radius 3 is 2.59 bits per heavy atom. The third kappa shape index (κ3) is 4.90. The molecule has 22 heavy (non-hydrogen) atoms. The van der Waals surface area contributed by atoms with Gasteiger partial charge in [-0.15, -0.1) is 0 Å². The topological polar surface area (TPSA) is 65.0 Å². The van der Waals surface area contributed by atoms with Gasteiger partial charge in [-0.25, -0.2) is 0 Å². The molecule has 0 radical (unpaired) electrons. The van der Waals surface area contributed by atoms with Gasteiger partial charge in [0.2, 0.25) is 0 Å². The molecule has 0 bridgehead atoms. The molecule has 2 heterocycles. The molecule has 2 aliphatic heterocycles. The molecule has 0 aromatic heterocycles. The summed E-state index contributed by atoms with van der Waals surface area (Å²) >= 11 is 0. The van der Waals surface area contributed by atoms with Gasteiger partial charge in [0, 0.05) is 38.8 Å². The molecule has 3 N–H and O–H groups in total. The van der Waals surface area contributed by atoms with Gasteiger partial charge in [0.15, 0.2) is 0 Å². The van der Waals surface area contributed by atoms with E-state index in [1.165, 1.54) is 12.8 Å². The van der Waals surface area contributed by atoms with Crippen LogP contribution in [0, 0.1) is 5.41 Å². The van der Waals surface area contributed by atoms with Crippen LogP contribution in [0.15, 0.2) is 0 Å². The average Bonchev–Trinajstić information content (AvgIpc) is 2.42. The first-order valence-electron chi connectivity index (χ1n) is 8.72. The number of aliphatic hydroxyl groups excluding tert-OH is 1. The molecule has 2 atom stereocenters. The van der Waals surface area contributed by atoms with Crippen LogP contribution in [0.1, 0.15) is 46.0 Å². The number of nitrogens with zero attached hydrogens (tertiary/aromatic N) is 1. The summed E-state index contributed by atoms with van der Waals surface area (Å²) in [6.45, 7) is 8.44. The van der Waals surface area contributed by atoms with Crippen LogP contribution in [0.5, 0.6) is 0 Å². The van der Waals surface area contributed by atoms with Crippen LogP contribution in [0.3, 0.4) is 0 Å². The summed E-state index contributed by atoms with van der Waals surface area (Å²) in [7, 11) is 2.19. The zero-order chi connectivity index (χ0) is 16.2. The number of hydrogen-bond acceptors (Lipinski definition) is 5. The zero-order valence-corrected chi connectivity index (χ0v) is 14.5. The zero-order valence-electron chi connectivity index (χ0n) is 14.5. The molecule has 2 rings (SSSR count). The van der Waals surface area contributed by atoms with Crippen molar-refractivity contribution in [3.05, 3.63) is 0 Å². The van der Waals surface area contributed by atoms with Gasteiger partial charge in [0.05, 0.1) is 11.7 Å². The highest BCUT2D eigenvalue weighted by Gasteiger charge is 2.36. The highest BCUT2D eigenvalue weighted by molar-refractivity contribution is 4.91. The number of ether oxygens (including phenoxy) is 1. The molecule has 5 heteroatoms. The summed E-state index contributed by atoms with van der Waals surface area (Å²) in [5, 5.41) is 24.1. The predicted molar refractivity (Wildman–Crippen MR) is 87.9 cm³/mol. The Labute approximate surface area is 135 Å². The van der Waals surface area contributed by atoms with Crippen LogP contribution >= 0.6 is 0 Å². The van der Waals surface area contributed by atoms with E-state index in [1.54, 1.807) is 0 Å². The van der Waals surface area contributed by atoms with Gasteiger partial charge in [-0.3, -0.25) is 0 Å². The van der Waals surface area contributed by atoms with E-state index >= 15 is 0 Å². The van der Waals surface area contributed by atoms with E-state index in [0.29, 0.717) is 50.5 Å². The lowest BCUT2D eigenvalue weighted by Crippen LogP contribution is -2.53. The first kappa shape index (κ1) is 18.1. The summed E-state index contributed by atoms with van der Waals surface area (Å²) < 4.78 is 5.28. The summed E-state index contributed by atoms with van der Waals surface area (Å²) in [6.07, 6.45) is 3.71. The molecule has 0 aromatic carbocycles. The molecule has 2 saturated heterocycles. The van der Waals surface area contributed by atoms with Gasteiger partial charge in [0.25, 0.3) is 0 Å². The fourth-order valence-electron chi connectivity index (χ4n) is 3.99. The molecule has 2 aliphatic rings. The van der Waals surface area contributed by atoms with Gasteiger partial charge in [-0.2, -0.15) is 0 Å². The van der Waals surface area contributed by atoms with Crippen molar-refractivity contribution in [3.8, 4) is 0 Å². The normalized spacial score (nSPS) is 30.1. The monoisotopic (exact) mass is 314 g/mol. The minimum atomic E-state index is -0.750. The quantitative estimate of drug-likeness (QED) is 0.682. The van der Waals surface area contributed by atoms with Crippen molar-refractivity contribution in [2.45, 2.75) is 63.7 Å². The van der Waals surface area contributed by atoms with Crippen LogP contribution in [0.4, 0.5) is 0 Å². The molecular weight excluding hydrogens is 280 g/mol. The minimum Gasteiger partial charge on any atom is -0.392 e. The van der Waals surface area contributed by atoms with Crippen LogP contribution in [0.25, 0.3) is 0 Å². The lowest BCUT2D eigenvalue weighted by atomic mass is 9.76. The standard InChI is InChI=1S/C17H34N2O3/c1-16(2)5-4-8-19(3)15(16)13-18-12-14(20)11-17(21)6-9-22-10-7-17/h14-15,18,20-21H,4-13H2,1-3H3. The number of aliphatic hydroxyl groups is 2. The molecule has 2 unspecified atom stereocenters.